The van der Waals surface area contributed by atoms with E-state index in [2.05, 4.69) is 15.3 Å². The van der Waals surface area contributed by atoms with Crippen molar-refractivity contribution in [2.75, 3.05) is 10.8 Å². The molecule has 0 spiro atoms. The quantitative estimate of drug-likeness (QED) is 0.608. The van der Waals surface area contributed by atoms with Crippen LogP contribution in [0.25, 0.3) is 0 Å². The van der Waals surface area contributed by atoms with Gasteiger partial charge in [-0.2, -0.15) is 8.42 Å². The van der Waals surface area contributed by atoms with Crippen molar-refractivity contribution >= 4 is 33.2 Å². The lowest BCUT2D eigenvalue weighted by Crippen LogP contribution is -2.43. The Labute approximate surface area is 186 Å². The third kappa shape index (κ3) is 4.05. The number of carbonyl (C=O) groups is 1. The molecular weight excluding hydrogens is 436 g/mol. The molecule has 0 atom stereocenters. The van der Waals surface area contributed by atoms with Crippen molar-refractivity contribution < 1.29 is 13.2 Å². The number of hydrogen-bond acceptors (Lipinski definition) is 4. The number of hydrogen-bond donors (Lipinski definition) is 2. The highest BCUT2D eigenvalue weighted by Gasteiger charge is 2.34. The lowest BCUT2D eigenvalue weighted by molar-refractivity contribution is 0.0930. The Bertz CT molecular complexity index is 1250. The summed E-state index contributed by atoms with van der Waals surface area (Å²) in [6, 6.07) is 12.2. The van der Waals surface area contributed by atoms with E-state index in [-0.39, 0.29) is 22.9 Å². The number of rotatable bonds is 5. The van der Waals surface area contributed by atoms with Crippen molar-refractivity contribution in [1.29, 1.82) is 0 Å². The number of imidazole rings is 1. The lowest BCUT2D eigenvalue weighted by Gasteiger charge is -2.33. The van der Waals surface area contributed by atoms with E-state index >= 15 is 0 Å². The summed E-state index contributed by atoms with van der Waals surface area (Å²) in [4.78, 5) is 19.4. The highest BCUT2D eigenvalue weighted by Crippen LogP contribution is 2.34. The van der Waals surface area contributed by atoms with Crippen LogP contribution in [0.2, 0.25) is 5.02 Å². The number of fused-ring (bicyclic) bond motifs is 1. The molecule has 0 saturated heterocycles. The van der Waals surface area contributed by atoms with Gasteiger partial charge in [0.15, 0.2) is 5.03 Å². The van der Waals surface area contributed by atoms with Crippen LogP contribution in [0.5, 0.6) is 0 Å². The summed E-state index contributed by atoms with van der Waals surface area (Å²) < 4.78 is 28.3. The molecule has 0 aliphatic carbocycles. The smallest absolute Gasteiger partial charge is 0.281 e. The maximum absolute atomic E-state index is 13.5. The Morgan fingerprint density at radius 3 is 2.52 bits per heavy atom. The number of nitrogens with zero attached hydrogens (tertiary/aromatic N) is 2. The SMILES string of the molecule is Cc1ncc(S(=O)(=O)N(Cc2ccc(Cl)cc2)c2ccc3c(c2)C(=O)NCC3(C)C)[nH]1. The molecule has 4 rings (SSSR count). The maximum Gasteiger partial charge on any atom is 0.281 e. The van der Waals surface area contributed by atoms with Crippen LogP contribution in [-0.2, 0) is 22.0 Å². The standard InChI is InChI=1S/C22H23ClN4O3S/c1-14-24-11-20(26-14)31(29,30)27(12-15-4-6-16(23)7-5-15)17-8-9-19-18(10-17)21(28)25-13-22(19,2)3/h4-11H,12-13H2,1-3H3,(H,24,26)(H,25,28). The Balaban J connectivity index is 1.84. The van der Waals surface area contributed by atoms with Crippen molar-refractivity contribution in [3.8, 4) is 0 Å². The first-order valence-electron chi connectivity index (χ1n) is 9.79. The Hall–Kier alpha value is -2.84. The zero-order valence-corrected chi connectivity index (χ0v) is 19.0. The second-order valence-electron chi connectivity index (χ2n) is 8.27. The number of carbonyl (C=O) groups excluding carboxylic acids is 1. The number of amides is 1. The van der Waals surface area contributed by atoms with E-state index in [9.17, 15) is 13.2 Å². The molecule has 7 nitrogen and oxygen atoms in total. The molecular formula is C22H23ClN4O3S. The molecule has 0 saturated carbocycles. The van der Waals surface area contributed by atoms with Crippen LogP contribution < -0.4 is 9.62 Å². The number of sulfonamides is 1. The summed E-state index contributed by atoms with van der Waals surface area (Å²) in [6.45, 7) is 6.37. The number of halogens is 1. The van der Waals surface area contributed by atoms with Gasteiger partial charge in [-0.05, 0) is 42.3 Å². The van der Waals surface area contributed by atoms with Crippen LogP contribution in [0.4, 0.5) is 5.69 Å². The maximum atomic E-state index is 13.5. The lowest BCUT2D eigenvalue weighted by atomic mass is 9.79. The molecule has 162 valence electrons. The van der Waals surface area contributed by atoms with Gasteiger partial charge in [0.05, 0.1) is 18.4 Å². The number of nitrogens with one attached hydrogen (secondary N) is 2. The second-order valence-corrected chi connectivity index (χ2v) is 10.5. The number of benzene rings is 2. The van der Waals surface area contributed by atoms with Gasteiger partial charge < -0.3 is 10.3 Å². The highest BCUT2D eigenvalue weighted by molar-refractivity contribution is 7.92. The minimum absolute atomic E-state index is 0.0125. The molecule has 0 unspecified atom stereocenters. The molecule has 1 aliphatic heterocycles. The van der Waals surface area contributed by atoms with E-state index in [0.717, 1.165) is 11.1 Å². The fraction of sp³-hybridized carbons (Fsp3) is 0.273. The molecule has 0 bridgehead atoms. The van der Waals surface area contributed by atoms with Crippen LogP contribution in [0.3, 0.4) is 0 Å². The van der Waals surface area contributed by atoms with Gasteiger partial charge in [0.25, 0.3) is 15.9 Å². The predicted octanol–water partition coefficient (Wildman–Crippen LogP) is 3.79. The summed E-state index contributed by atoms with van der Waals surface area (Å²) in [5, 5.41) is 3.44. The third-order valence-corrected chi connectivity index (χ3v) is 7.38. The molecule has 31 heavy (non-hydrogen) atoms. The normalized spacial score (nSPS) is 15.3. The molecule has 9 heteroatoms. The predicted molar refractivity (Wildman–Crippen MR) is 120 cm³/mol. The van der Waals surface area contributed by atoms with Gasteiger partial charge in [-0.25, -0.2) is 4.98 Å². The van der Waals surface area contributed by atoms with E-state index in [1.807, 2.05) is 19.9 Å². The number of aromatic nitrogens is 2. The van der Waals surface area contributed by atoms with Crippen LogP contribution in [0.15, 0.2) is 53.7 Å². The first kappa shape index (κ1) is 21.4. The van der Waals surface area contributed by atoms with E-state index in [4.69, 9.17) is 11.6 Å². The van der Waals surface area contributed by atoms with Gasteiger partial charge in [-0.1, -0.05) is 43.6 Å². The monoisotopic (exact) mass is 458 g/mol. The van der Waals surface area contributed by atoms with Crippen LogP contribution in [0, 0.1) is 6.92 Å². The van der Waals surface area contributed by atoms with Crippen LogP contribution >= 0.6 is 11.6 Å². The van der Waals surface area contributed by atoms with Crippen molar-refractivity contribution in [3.05, 3.63) is 76.2 Å². The molecule has 1 amide bonds. The van der Waals surface area contributed by atoms with E-state index < -0.39 is 10.0 Å². The second kappa shape index (κ2) is 7.69. The highest BCUT2D eigenvalue weighted by atomic mass is 35.5. The molecule has 2 aromatic carbocycles. The van der Waals surface area contributed by atoms with Crippen LogP contribution in [-0.4, -0.2) is 30.8 Å². The Morgan fingerprint density at radius 2 is 1.87 bits per heavy atom. The zero-order valence-electron chi connectivity index (χ0n) is 17.4. The number of anilines is 1. The molecule has 1 aliphatic rings. The Kier molecular flexibility index (Phi) is 5.31. The van der Waals surface area contributed by atoms with Crippen molar-refractivity contribution in [3.63, 3.8) is 0 Å². The minimum Gasteiger partial charge on any atom is -0.351 e. The molecule has 3 aromatic rings. The summed E-state index contributed by atoms with van der Waals surface area (Å²) in [5.41, 5.74) is 2.27. The fourth-order valence-corrected chi connectivity index (χ4v) is 5.21. The average molecular weight is 459 g/mol. The topological polar surface area (TPSA) is 95.2 Å². The average Bonchev–Trinajstić information content (AvgIpc) is 3.17. The minimum atomic E-state index is -3.96. The third-order valence-electron chi connectivity index (χ3n) is 5.44. The molecule has 0 fully saturated rings. The molecule has 2 N–H and O–H groups in total. The van der Waals surface area contributed by atoms with Gasteiger partial charge in [-0.3, -0.25) is 9.10 Å². The van der Waals surface area contributed by atoms with Crippen molar-refractivity contribution in [1.82, 2.24) is 15.3 Å². The fourth-order valence-electron chi connectivity index (χ4n) is 3.68. The Morgan fingerprint density at radius 1 is 1.16 bits per heavy atom. The van der Waals surface area contributed by atoms with Crippen LogP contribution in [0.1, 0.15) is 41.2 Å². The van der Waals surface area contributed by atoms with E-state index in [1.54, 1.807) is 43.3 Å². The van der Waals surface area contributed by atoms with Gasteiger partial charge in [-0.15, -0.1) is 0 Å². The first-order valence-corrected chi connectivity index (χ1v) is 11.6. The summed E-state index contributed by atoms with van der Waals surface area (Å²) in [7, 11) is -3.96. The largest absolute Gasteiger partial charge is 0.351 e. The van der Waals surface area contributed by atoms with Gasteiger partial charge in [0.2, 0.25) is 0 Å². The molecule has 0 radical (unpaired) electrons. The van der Waals surface area contributed by atoms with Crippen molar-refractivity contribution in [2.45, 2.75) is 37.8 Å². The zero-order chi connectivity index (χ0) is 22.4. The van der Waals surface area contributed by atoms with Gasteiger partial charge in [0, 0.05) is 22.5 Å². The summed E-state index contributed by atoms with van der Waals surface area (Å²) >= 11 is 5.99. The summed E-state index contributed by atoms with van der Waals surface area (Å²) in [6.07, 6.45) is 1.30. The van der Waals surface area contributed by atoms with E-state index in [0.29, 0.717) is 28.6 Å². The first-order chi connectivity index (χ1) is 14.6. The van der Waals surface area contributed by atoms with Crippen molar-refractivity contribution in [2.24, 2.45) is 0 Å². The molecule has 1 aromatic heterocycles. The number of H-pyrrole nitrogens is 1. The van der Waals surface area contributed by atoms with Gasteiger partial charge in [0.1, 0.15) is 5.82 Å². The summed E-state index contributed by atoms with van der Waals surface area (Å²) in [5.74, 6) is 0.286. The number of aryl methyl sites for hydroxylation is 1. The molecule has 2 heterocycles. The van der Waals surface area contributed by atoms with E-state index in [1.165, 1.54) is 10.5 Å². The van der Waals surface area contributed by atoms with Gasteiger partial charge >= 0.3 is 0 Å². The number of aromatic amines is 1.